The maximum absolute atomic E-state index is 12.0. The number of hydrogen-bond acceptors (Lipinski definition) is 7. The average Bonchev–Trinajstić information content (AvgIpc) is 3.26. The minimum Gasteiger partial charge on any atom is -0.494 e. The number of fused-ring (bicyclic) bond motifs is 1. The van der Waals surface area contributed by atoms with Crippen LogP contribution in [-0.4, -0.2) is 44.7 Å². The van der Waals surface area contributed by atoms with Gasteiger partial charge in [-0.2, -0.15) is 4.36 Å². The normalized spacial score (nSPS) is 11.2. The summed E-state index contributed by atoms with van der Waals surface area (Å²) in [4.78, 5) is 23.6. The summed E-state index contributed by atoms with van der Waals surface area (Å²) in [6, 6.07) is 11.0. The molecule has 0 atom stereocenters. The molecule has 11 heteroatoms. The van der Waals surface area contributed by atoms with Gasteiger partial charge in [0.1, 0.15) is 5.75 Å². The molecule has 0 unspecified atom stereocenters. The first-order valence-electron chi connectivity index (χ1n) is 10.8. The number of nitrogens with zero attached hydrogens (tertiary/aromatic N) is 3. The SMILES string of the molecule is C=CC(=O)NCc1ccc2c(-c3nc(Nc4ccc(N=S(C)(C)=O)cc4OC)ncc3Cl)c[nH]c2c1. The number of anilines is 2. The first-order chi connectivity index (χ1) is 17.2. The molecule has 0 saturated carbocycles. The Balaban J connectivity index is 1.64. The van der Waals surface area contributed by atoms with E-state index in [-0.39, 0.29) is 5.91 Å². The molecule has 0 radical (unpaired) electrons. The molecular weight excluding hydrogens is 500 g/mol. The second kappa shape index (κ2) is 10.4. The molecule has 0 aliphatic rings. The lowest BCUT2D eigenvalue weighted by molar-refractivity contribution is -0.116. The molecule has 0 spiro atoms. The Bertz CT molecular complexity index is 1580. The largest absolute Gasteiger partial charge is 0.494 e. The van der Waals surface area contributed by atoms with Gasteiger partial charge in [0.2, 0.25) is 11.9 Å². The van der Waals surface area contributed by atoms with Crippen molar-refractivity contribution in [3.63, 3.8) is 0 Å². The lowest BCUT2D eigenvalue weighted by Gasteiger charge is -2.12. The van der Waals surface area contributed by atoms with E-state index < -0.39 is 9.73 Å². The van der Waals surface area contributed by atoms with Gasteiger partial charge < -0.3 is 20.4 Å². The van der Waals surface area contributed by atoms with Crippen LogP contribution in [0.5, 0.6) is 5.75 Å². The molecule has 4 rings (SSSR count). The van der Waals surface area contributed by atoms with Crippen LogP contribution < -0.4 is 15.4 Å². The Morgan fingerprint density at radius 1 is 1.28 bits per heavy atom. The van der Waals surface area contributed by atoms with Gasteiger partial charge >= 0.3 is 0 Å². The number of aromatic amines is 1. The van der Waals surface area contributed by atoms with E-state index in [9.17, 15) is 9.00 Å². The van der Waals surface area contributed by atoms with Crippen molar-refractivity contribution in [3.05, 3.63) is 72.0 Å². The summed E-state index contributed by atoms with van der Waals surface area (Å²) in [6.07, 6.45) is 7.74. The number of carbonyl (C=O) groups is 1. The number of benzene rings is 2. The van der Waals surface area contributed by atoms with Gasteiger partial charge in [-0.25, -0.2) is 14.2 Å². The summed E-state index contributed by atoms with van der Waals surface area (Å²) in [5.74, 6) is 0.597. The Morgan fingerprint density at radius 2 is 2.08 bits per heavy atom. The molecule has 4 aromatic rings. The molecule has 186 valence electrons. The molecule has 1 amide bonds. The van der Waals surface area contributed by atoms with Gasteiger partial charge in [-0.1, -0.05) is 30.3 Å². The number of aromatic nitrogens is 3. The van der Waals surface area contributed by atoms with Crippen molar-refractivity contribution in [1.82, 2.24) is 20.3 Å². The fraction of sp³-hybridized carbons (Fsp3) is 0.160. The second-order valence-corrected chi connectivity index (χ2v) is 11.1. The van der Waals surface area contributed by atoms with Crippen molar-refractivity contribution in [1.29, 1.82) is 0 Å². The first kappa shape index (κ1) is 25.2. The molecule has 0 fully saturated rings. The molecule has 0 aliphatic carbocycles. The van der Waals surface area contributed by atoms with Gasteiger partial charge in [0.05, 0.1) is 35.4 Å². The number of nitrogens with one attached hydrogen (secondary N) is 3. The summed E-state index contributed by atoms with van der Waals surface area (Å²) in [5, 5.41) is 7.24. The lowest BCUT2D eigenvalue weighted by Crippen LogP contribution is -2.19. The van der Waals surface area contributed by atoms with E-state index in [1.54, 1.807) is 30.7 Å². The van der Waals surface area contributed by atoms with Crippen LogP contribution in [0, 0.1) is 0 Å². The highest BCUT2D eigenvalue weighted by Crippen LogP contribution is 2.35. The topological polar surface area (TPSA) is 121 Å². The van der Waals surface area contributed by atoms with Crippen molar-refractivity contribution < 1.29 is 13.7 Å². The summed E-state index contributed by atoms with van der Waals surface area (Å²) in [6.45, 7) is 3.85. The monoisotopic (exact) mass is 524 g/mol. The molecule has 2 aromatic carbocycles. The van der Waals surface area contributed by atoms with Gasteiger partial charge in [-0.15, -0.1) is 0 Å². The molecule has 2 heterocycles. The highest BCUT2D eigenvalue weighted by molar-refractivity contribution is 7.92. The average molecular weight is 525 g/mol. The predicted octanol–water partition coefficient (Wildman–Crippen LogP) is 5.19. The number of ether oxygens (including phenoxy) is 1. The van der Waals surface area contributed by atoms with Gasteiger partial charge in [0.15, 0.2) is 0 Å². The van der Waals surface area contributed by atoms with E-state index in [1.165, 1.54) is 19.4 Å². The van der Waals surface area contributed by atoms with Gasteiger partial charge in [0.25, 0.3) is 0 Å². The standard InChI is InChI=1S/C25H25ClN6O3S/c1-5-23(33)28-12-15-6-8-17-18(13-27-21(17)10-15)24-19(26)14-29-25(31-24)30-20-9-7-16(11-22(20)35-2)32-36(3,4)34/h5-11,13-14,27H,1,12H2,2-4H3,(H,28,33)(H,29,30,31). The van der Waals surface area contributed by atoms with Crippen LogP contribution in [0.4, 0.5) is 17.3 Å². The van der Waals surface area contributed by atoms with Gasteiger partial charge in [-0.05, 0) is 29.8 Å². The number of carbonyl (C=O) groups excluding carboxylic acids is 1. The van der Waals surface area contributed by atoms with E-state index in [2.05, 4.69) is 36.5 Å². The van der Waals surface area contributed by atoms with Crippen LogP contribution in [0.1, 0.15) is 5.56 Å². The molecule has 0 aliphatic heterocycles. The lowest BCUT2D eigenvalue weighted by atomic mass is 10.1. The smallest absolute Gasteiger partial charge is 0.243 e. The van der Waals surface area contributed by atoms with Gasteiger partial charge in [-0.3, -0.25) is 4.79 Å². The minimum atomic E-state index is -2.30. The highest BCUT2D eigenvalue weighted by Gasteiger charge is 2.15. The van der Waals surface area contributed by atoms with Crippen molar-refractivity contribution in [3.8, 4) is 17.0 Å². The van der Waals surface area contributed by atoms with Crippen LogP contribution in [-0.2, 0) is 21.1 Å². The number of hydrogen-bond donors (Lipinski definition) is 3. The van der Waals surface area contributed by atoms with Crippen molar-refractivity contribution >= 4 is 55.5 Å². The van der Waals surface area contributed by atoms with E-state index in [4.69, 9.17) is 16.3 Å². The minimum absolute atomic E-state index is 0.230. The summed E-state index contributed by atoms with van der Waals surface area (Å²) >= 11 is 6.48. The molecule has 9 nitrogen and oxygen atoms in total. The van der Waals surface area contributed by atoms with Crippen LogP contribution in [0.2, 0.25) is 5.02 Å². The van der Waals surface area contributed by atoms with Crippen molar-refractivity contribution in [2.75, 3.05) is 24.9 Å². The van der Waals surface area contributed by atoms with E-state index in [0.717, 1.165) is 22.0 Å². The summed E-state index contributed by atoms with van der Waals surface area (Å²) < 4.78 is 21.7. The van der Waals surface area contributed by atoms with Crippen molar-refractivity contribution in [2.45, 2.75) is 6.54 Å². The molecule has 2 aromatic heterocycles. The quantitative estimate of drug-likeness (QED) is 0.273. The van der Waals surface area contributed by atoms with Gasteiger partial charge in [0, 0.05) is 57.5 Å². The molecule has 0 bridgehead atoms. The molecular formula is C25H25ClN6O3S. The first-order valence-corrected chi connectivity index (χ1v) is 13.5. The Morgan fingerprint density at radius 3 is 2.81 bits per heavy atom. The number of rotatable bonds is 8. The zero-order valence-electron chi connectivity index (χ0n) is 20.0. The third kappa shape index (κ3) is 5.84. The van der Waals surface area contributed by atoms with E-state index in [1.807, 2.05) is 24.4 Å². The zero-order chi connectivity index (χ0) is 25.9. The van der Waals surface area contributed by atoms with Crippen LogP contribution in [0.25, 0.3) is 22.2 Å². The fourth-order valence-electron chi connectivity index (χ4n) is 3.57. The third-order valence-corrected chi connectivity index (χ3v) is 6.08. The van der Waals surface area contributed by atoms with Crippen LogP contribution >= 0.6 is 11.6 Å². The fourth-order valence-corrected chi connectivity index (χ4v) is 4.39. The van der Waals surface area contributed by atoms with Crippen molar-refractivity contribution in [2.24, 2.45) is 4.36 Å². The number of H-pyrrole nitrogens is 1. The molecule has 3 N–H and O–H groups in total. The Hall–Kier alpha value is -3.89. The second-order valence-electron chi connectivity index (χ2n) is 8.18. The predicted molar refractivity (Wildman–Crippen MR) is 145 cm³/mol. The number of halogens is 1. The van der Waals surface area contributed by atoms with Crippen LogP contribution in [0.3, 0.4) is 0 Å². The highest BCUT2D eigenvalue weighted by atomic mass is 35.5. The Kier molecular flexibility index (Phi) is 7.27. The maximum Gasteiger partial charge on any atom is 0.243 e. The van der Waals surface area contributed by atoms with Crippen LogP contribution in [0.15, 0.2) is 65.8 Å². The van der Waals surface area contributed by atoms with E-state index in [0.29, 0.717) is 40.3 Å². The number of methoxy groups -OCH3 is 1. The molecule has 36 heavy (non-hydrogen) atoms. The summed E-state index contributed by atoms with van der Waals surface area (Å²) in [7, 11) is -0.766. The third-order valence-electron chi connectivity index (χ3n) is 5.15. The maximum atomic E-state index is 12.0. The Labute approximate surface area is 214 Å². The van der Waals surface area contributed by atoms with E-state index >= 15 is 0 Å². The zero-order valence-corrected chi connectivity index (χ0v) is 21.5. The molecule has 0 saturated heterocycles. The number of amides is 1. The summed E-state index contributed by atoms with van der Waals surface area (Å²) in [5.41, 5.74) is 4.34.